The first-order chi connectivity index (χ1) is 8.75. The van der Waals surface area contributed by atoms with Gasteiger partial charge >= 0.3 is 0 Å². The molecule has 3 heteroatoms. The van der Waals surface area contributed by atoms with E-state index in [-0.39, 0.29) is 5.75 Å². The average molecular weight is 266 g/mol. The summed E-state index contributed by atoms with van der Waals surface area (Å²) in [7, 11) is 0. The normalized spacial score (nSPS) is 28.3. The molecule has 1 aliphatic carbocycles. The van der Waals surface area contributed by atoms with Crippen LogP contribution in [0, 0.1) is 5.92 Å². The summed E-state index contributed by atoms with van der Waals surface area (Å²) in [6.45, 7) is 2.00. The number of hydrogen-bond acceptors (Lipinski definition) is 2. The number of phenolic OH excluding ortho intramolecular Hbond substituents is 1. The highest BCUT2D eigenvalue weighted by molar-refractivity contribution is 6.32. The van der Waals surface area contributed by atoms with Gasteiger partial charge < -0.3 is 5.11 Å². The van der Waals surface area contributed by atoms with Crippen molar-refractivity contribution in [3.8, 4) is 5.75 Å². The number of benzene rings is 1. The Morgan fingerprint density at radius 3 is 2.94 bits per heavy atom. The van der Waals surface area contributed by atoms with Crippen molar-refractivity contribution in [3.05, 3.63) is 28.8 Å². The second-order valence-electron chi connectivity index (χ2n) is 5.62. The molecule has 0 amide bonds. The van der Waals surface area contributed by atoms with Crippen LogP contribution in [0.3, 0.4) is 0 Å². The number of phenols is 1. The Balaban J connectivity index is 1.77. The molecule has 1 saturated carbocycles. The molecule has 2 aliphatic rings. The Morgan fingerprint density at radius 2 is 2.06 bits per heavy atom. The third-order valence-electron chi connectivity index (χ3n) is 4.55. The minimum Gasteiger partial charge on any atom is -0.506 e. The van der Waals surface area contributed by atoms with Gasteiger partial charge in [-0.15, -0.1) is 0 Å². The summed E-state index contributed by atoms with van der Waals surface area (Å²) in [6, 6.07) is 6.39. The van der Waals surface area contributed by atoms with E-state index < -0.39 is 0 Å². The summed E-state index contributed by atoms with van der Waals surface area (Å²) in [5.74, 6) is 1.15. The van der Waals surface area contributed by atoms with E-state index in [9.17, 15) is 5.11 Å². The van der Waals surface area contributed by atoms with E-state index in [4.69, 9.17) is 11.6 Å². The summed E-state index contributed by atoms with van der Waals surface area (Å²) in [5.41, 5.74) is 0.968. The third-order valence-corrected chi connectivity index (χ3v) is 4.86. The molecule has 2 atom stereocenters. The number of rotatable bonds is 2. The first-order valence-corrected chi connectivity index (χ1v) is 7.34. The van der Waals surface area contributed by atoms with E-state index in [2.05, 4.69) is 4.90 Å². The van der Waals surface area contributed by atoms with Gasteiger partial charge in [-0.05, 0) is 44.2 Å². The Labute approximate surface area is 114 Å². The highest BCUT2D eigenvalue weighted by Crippen LogP contribution is 2.38. The summed E-state index contributed by atoms with van der Waals surface area (Å²) >= 11 is 5.97. The van der Waals surface area contributed by atoms with Gasteiger partial charge in [-0.25, -0.2) is 0 Å². The van der Waals surface area contributed by atoms with Crippen molar-refractivity contribution in [1.29, 1.82) is 0 Å². The van der Waals surface area contributed by atoms with E-state index in [0.29, 0.717) is 5.02 Å². The maximum absolute atomic E-state index is 10.0. The summed E-state index contributed by atoms with van der Waals surface area (Å²) in [5, 5.41) is 10.5. The van der Waals surface area contributed by atoms with Crippen molar-refractivity contribution >= 4 is 11.6 Å². The SMILES string of the molecule is Oc1c(Cl)cccc1CN1CCCC2CCCC21. The predicted molar refractivity (Wildman–Crippen MR) is 73.9 cm³/mol. The fraction of sp³-hybridized carbons (Fsp3) is 0.600. The fourth-order valence-corrected chi connectivity index (χ4v) is 3.85. The molecule has 1 N–H and O–H groups in total. The second-order valence-corrected chi connectivity index (χ2v) is 6.03. The van der Waals surface area contributed by atoms with Crippen molar-refractivity contribution in [1.82, 2.24) is 4.90 Å². The van der Waals surface area contributed by atoms with Gasteiger partial charge in [-0.2, -0.15) is 0 Å². The molecule has 2 nitrogen and oxygen atoms in total. The molecule has 1 aliphatic heterocycles. The largest absolute Gasteiger partial charge is 0.506 e. The van der Waals surface area contributed by atoms with Crippen LogP contribution in [0.5, 0.6) is 5.75 Å². The molecule has 18 heavy (non-hydrogen) atoms. The molecule has 1 heterocycles. The molecule has 2 fully saturated rings. The lowest BCUT2D eigenvalue weighted by Crippen LogP contribution is -2.41. The number of hydrogen-bond donors (Lipinski definition) is 1. The molecule has 1 aromatic rings. The van der Waals surface area contributed by atoms with Crippen molar-refractivity contribution in [3.63, 3.8) is 0 Å². The molecule has 0 radical (unpaired) electrons. The molecule has 3 rings (SSSR count). The summed E-state index contributed by atoms with van der Waals surface area (Å²) in [6.07, 6.45) is 6.77. The van der Waals surface area contributed by atoms with Crippen molar-refractivity contribution in [2.24, 2.45) is 5.92 Å². The van der Waals surface area contributed by atoms with Crippen LogP contribution >= 0.6 is 11.6 Å². The van der Waals surface area contributed by atoms with Crippen LogP contribution in [-0.4, -0.2) is 22.6 Å². The van der Waals surface area contributed by atoms with Crippen molar-refractivity contribution in [2.45, 2.75) is 44.7 Å². The predicted octanol–water partition coefficient (Wildman–Crippen LogP) is 3.81. The monoisotopic (exact) mass is 265 g/mol. The van der Waals surface area contributed by atoms with Crippen LogP contribution in [0.15, 0.2) is 18.2 Å². The van der Waals surface area contributed by atoms with Gasteiger partial charge in [0.1, 0.15) is 5.75 Å². The zero-order valence-corrected chi connectivity index (χ0v) is 11.4. The van der Waals surface area contributed by atoms with Gasteiger partial charge in [0, 0.05) is 18.2 Å². The lowest BCUT2D eigenvalue weighted by molar-refractivity contribution is 0.105. The molecule has 98 valence electrons. The van der Waals surface area contributed by atoms with Gasteiger partial charge in [-0.1, -0.05) is 30.2 Å². The van der Waals surface area contributed by atoms with Gasteiger partial charge in [0.25, 0.3) is 0 Å². The lowest BCUT2D eigenvalue weighted by atomic mass is 9.91. The third kappa shape index (κ3) is 2.24. The van der Waals surface area contributed by atoms with Crippen molar-refractivity contribution in [2.75, 3.05) is 6.54 Å². The standard InChI is InChI=1S/C15H20ClNO/c16-13-7-1-5-12(15(13)18)10-17-9-3-6-11-4-2-8-14(11)17/h1,5,7,11,14,18H,2-4,6,8-10H2. The number of likely N-dealkylation sites (tertiary alicyclic amines) is 1. The summed E-state index contributed by atoms with van der Waals surface area (Å²) in [4.78, 5) is 2.55. The van der Waals surface area contributed by atoms with E-state index in [1.54, 1.807) is 6.07 Å². The zero-order chi connectivity index (χ0) is 12.5. The molecule has 0 bridgehead atoms. The number of piperidine rings is 1. The van der Waals surface area contributed by atoms with Crippen molar-refractivity contribution < 1.29 is 5.11 Å². The van der Waals surface area contributed by atoms with Gasteiger partial charge in [0.05, 0.1) is 5.02 Å². The lowest BCUT2D eigenvalue weighted by Gasteiger charge is -2.37. The maximum Gasteiger partial charge on any atom is 0.138 e. The second kappa shape index (κ2) is 5.10. The summed E-state index contributed by atoms with van der Waals surface area (Å²) < 4.78 is 0. The number of para-hydroxylation sites is 1. The molecular formula is C15H20ClNO. The maximum atomic E-state index is 10.0. The first kappa shape index (κ1) is 12.3. The fourth-order valence-electron chi connectivity index (χ4n) is 3.66. The highest BCUT2D eigenvalue weighted by Gasteiger charge is 2.34. The minimum atomic E-state index is 0.263. The molecule has 0 spiro atoms. The van der Waals surface area contributed by atoms with Crippen LogP contribution in [-0.2, 0) is 6.54 Å². The molecule has 2 unspecified atom stereocenters. The van der Waals surface area contributed by atoms with E-state index in [0.717, 1.165) is 30.6 Å². The van der Waals surface area contributed by atoms with E-state index >= 15 is 0 Å². The zero-order valence-electron chi connectivity index (χ0n) is 10.6. The van der Waals surface area contributed by atoms with Crippen LogP contribution in [0.4, 0.5) is 0 Å². The topological polar surface area (TPSA) is 23.5 Å². The average Bonchev–Trinajstić information content (AvgIpc) is 2.84. The van der Waals surface area contributed by atoms with Gasteiger partial charge in [0.2, 0.25) is 0 Å². The smallest absolute Gasteiger partial charge is 0.138 e. The Bertz CT molecular complexity index is 435. The Morgan fingerprint density at radius 1 is 1.22 bits per heavy atom. The number of aromatic hydroxyl groups is 1. The van der Waals surface area contributed by atoms with Gasteiger partial charge in [-0.3, -0.25) is 4.90 Å². The van der Waals surface area contributed by atoms with Crippen LogP contribution in [0.25, 0.3) is 0 Å². The number of fused-ring (bicyclic) bond motifs is 1. The van der Waals surface area contributed by atoms with E-state index in [1.165, 1.54) is 32.1 Å². The minimum absolute atomic E-state index is 0.263. The first-order valence-electron chi connectivity index (χ1n) is 6.96. The molecule has 1 aromatic carbocycles. The van der Waals surface area contributed by atoms with Crippen LogP contribution in [0.2, 0.25) is 5.02 Å². The van der Waals surface area contributed by atoms with E-state index in [1.807, 2.05) is 12.1 Å². The van der Waals surface area contributed by atoms with Crippen LogP contribution in [0.1, 0.15) is 37.7 Å². The Hall–Kier alpha value is -0.730. The highest BCUT2D eigenvalue weighted by atomic mass is 35.5. The quantitative estimate of drug-likeness (QED) is 0.879. The number of halogens is 1. The molecule has 1 saturated heterocycles. The Kier molecular flexibility index (Phi) is 3.49. The molecular weight excluding hydrogens is 246 g/mol. The van der Waals surface area contributed by atoms with Gasteiger partial charge in [0.15, 0.2) is 0 Å². The molecule has 0 aromatic heterocycles. The number of nitrogens with zero attached hydrogens (tertiary/aromatic N) is 1. The van der Waals surface area contributed by atoms with Crippen LogP contribution < -0.4 is 0 Å².